The van der Waals surface area contributed by atoms with Crippen LogP contribution in [-0.4, -0.2) is 29.7 Å². The highest BCUT2D eigenvalue weighted by Crippen LogP contribution is 2.30. The summed E-state index contributed by atoms with van der Waals surface area (Å²) >= 11 is 1.14. The third-order valence-corrected chi connectivity index (χ3v) is 6.20. The molecule has 180 valence electrons. The Morgan fingerprint density at radius 1 is 1.23 bits per heavy atom. The number of rotatable bonds is 7. The molecule has 3 aromatic rings. The number of carboxylic acid groups (broad SMARTS) is 1. The van der Waals surface area contributed by atoms with Crippen LogP contribution in [0.2, 0.25) is 0 Å². The molecule has 1 atom stereocenters. The van der Waals surface area contributed by atoms with Crippen molar-refractivity contribution < 1.29 is 28.6 Å². The van der Waals surface area contributed by atoms with E-state index in [1.54, 1.807) is 44.2 Å². The minimum atomic E-state index is -1.35. The molecule has 0 fully saturated rings. The molecule has 4 rings (SSSR count). The van der Waals surface area contributed by atoms with Gasteiger partial charge in [0, 0.05) is 0 Å². The molecule has 0 aliphatic carbocycles. The fourth-order valence-corrected chi connectivity index (χ4v) is 4.79. The monoisotopic (exact) mass is 495 g/mol. The number of esters is 1. The van der Waals surface area contributed by atoms with Gasteiger partial charge in [0.1, 0.15) is 18.2 Å². The second-order valence-corrected chi connectivity index (χ2v) is 8.60. The number of aromatic nitrogens is 1. The van der Waals surface area contributed by atoms with E-state index in [-0.39, 0.29) is 12.2 Å². The lowest BCUT2D eigenvalue weighted by atomic mass is 9.96. The molecule has 2 heterocycles. The maximum absolute atomic E-state index is 13.6. The second-order valence-electron chi connectivity index (χ2n) is 7.59. The molecular weight excluding hydrogens is 475 g/mol. The number of ether oxygens (including phenoxy) is 2. The Morgan fingerprint density at radius 2 is 1.97 bits per heavy atom. The van der Waals surface area contributed by atoms with Crippen molar-refractivity contribution in [1.82, 2.24) is 4.57 Å². The predicted molar refractivity (Wildman–Crippen MR) is 124 cm³/mol. The highest BCUT2D eigenvalue weighted by atomic mass is 32.1. The van der Waals surface area contributed by atoms with Gasteiger partial charge >= 0.3 is 5.97 Å². The Labute approximate surface area is 202 Å². The first kappa shape index (κ1) is 24.1. The Hall–Kier alpha value is -4.05. The maximum atomic E-state index is 13.6. The zero-order valence-corrected chi connectivity index (χ0v) is 19.6. The van der Waals surface area contributed by atoms with Crippen LogP contribution < -0.4 is 24.7 Å². The Morgan fingerprint density at radius 3 is 2.66 bits per heavy atom. The van der Waals surface area contributed by atoms with Gasteiger partial charge in [-0.1, -0.05) is 35.6 Å². The van der Waals surface area contributed by atoms with Gasteiger partial charge in [0.2, 0.25) is 0 Å². The van der Waals surface area contributed by atoms with Gasteiger partial charge in [0.15, 0.2) is 4.80 Å². The molecule has 0 spiro atoms. The van der Waals surface area contributed by atoms with E-state index in [2.05, 4.69) is 4.99 Å². The number of carbonyl (C=O) groups excluding carboxylic acids is 2. The summed E-state index contributed by atoms with van der Waals surface area (Å²) in [5.74, 6) is -2.09. The number of nitrogens with zero attached hydrogens (tertiary/aromatic N) is 2. The number of carbonyl (C=O) groups is 2. The van der Waals surface area contributed by atoms with E-state index in [0.717, 1.165) is 11.3 Å². The first-order chi connectivity index (χ1) is 16.8. The lowest BCUT2D eigenvalue weighted by Crippen LogP contribution is -2.39. The average molecular weight is 496 g/mol. The van der Waals surface area contributed by atoms with Crippen LogP contribution in [0, 0.1) is 5.82 Å². The van der Waals surface area contributed by atoms with Crippen LogP contribution in [-0.2, 0) is 14.3 Å². The normalized spacial score (nSPS) is 15.4. The zero-order chi connectivity index (χ0) is 25.1. The van der Waals surface area contributed by atoms with Gasteiger partial charge < -0.3 is 19.4 Å². The molecule has 0 amide bonds. The SMILES string of the molecule is CCOC(=O)C1=C(C)N=c2s/c(=C\c3cccc(OCC(=O)[O-])c3)c(=O)n2[C@@H]1c1ccc(F)cc1. The van der Waals surface area contributed by atoms with E-state index in [1.165, 1.54) is 28.8 Å². The molecular formula is C25H20FN2O6S-. The van der Waals surface area contributed by atoms with Crippen LogP contribution in [0.4, 0.5) is 4.39 Å². The maximum Gasteiger partial charge on any atom is 0.338 e. The van der Waals surface area contributed by atoms with Crippen molar-refractivity contribution in [3.8, 4) is 5.75 Å². The van der Waals surface area contributed by atoms with Gasteiger partial charge in [-0.05, 0) is 55.3 Å². The summed E-state index contributed by atoms with van der Waals surface area (Å²) in [6, 6.07) is 11.3. The van der Waals surface area contributed by atoms with E-state index in [4.69, 9.17) is 9.47 Å². The minimum absolute atomic E-state index is 0.145. The van der Waals surface area contributed by atoms with E-state index >= 15 is 0 Å². The molecule has 2 aromatic carbocycles. The number of halogens is 1. The van der Waals surface area contributed by atoms with Crippen molar-refractivity contribution in [3.05, 3.63) is 96.4 Å². The number of allylic oxidation sites excluding steroid dienone is 1. The molecule has 8 nitrogen and oxygen atoms in total. The molecule has 0 saturated heterocycles. The van der Waals surface area contributed by atoms with Gasteiger partial charge in [0.25, 0.3) is 5.56 Å². The molecule has 10 heteroatoms. The summed E-state index contributed by atoms with van der Waals surface area (Å²) in [6.45, 7) is 2.89. The molecule has 0 radical (unpaired) electrons. The number of aliphatic carboxylic acids is 1. The van der Waals surface area contributed by atoms with Crippen LogP contribution in [0.1, 0.15) is 31.0 Å². The largest absolute Gasteiger partial charge is 0.546 e. The molecule has 1 aromatic heterocycles. The van der Waals surface area contributed by atoms with Crippen LogP contribution in [0.5, 0.6) is 5.75 Å². The number of fused-ring (bicyclic) bond motifs is 1. The van der Waals surface area contributed by atoms with Gasteiger partial charge in [-0.15, -0.1) is 0 Å². The van der Waals surface area contributed by atoms with Gasteiger partial charge in [-0.3, -0.25) is 9.36 Å². The molecule has 0 unspecified atom stereocenters. The predicted octanol–water partition coefficient (Wildman–Crippen LogP) is 1.07. The van der Waals surface area contributed by atoms with Crippen molar-refractivity contribution in [2.75, 3.05) is 13.2 Å². The first-order valence-corrected chi connectivity index (χ1v) is 11.5. The number of hydrogen-bond acceptors (Lipinski definition) is 8. The lowest BCUT2D eigenvalue weighted by Gasteiger charge is -2.24. The van der Waals surface area contributed by atoms with Gasteiger partial charge in [-0.25, -0.2) is 14.2 Å². The minimum Gasteiger partial charge on any atom is -0.546 e. The molecule has 1 aliphatic rings. The van der Waals surface area contributed by atoms with Gasteiger partial charge in [0.05, 0.1) is 34.4 Å². The third kappa shape index (κ3) is 5.07. The molecule has 0 saturated carbocycles. The summed E-state index contributed by atoms with van der Waals surface area (Å²) in [6.07, 6.45) is 1.63. The fourth-order valence-electron chi connectivity index (χ4n) is 3.74. The second kappa shape index (κ2) is 10.1. The first-order valence-electron chi connectivity index (χ1n) is 10.7. The van der Waals surface area contributed by atoms with E-state index in [0.29, 0.717) is 31.9 Å². The van der Waals surface area contributed by atoms with Crippen molar-refractivity contribution >= 4 is 29.4 Å². The number of benzene rings is 2. The number of carboxylic acids is 1. The van der Waals surface area contributed by atoms with Crippen molar-refractivity contribution in [2.45, 2.75) is 19.9 Å². The lowest BCUT2D eigenvalue weighted by molar-refractivity contribution is -0.307. The quantitative estimate of drug-likeness (QED) is 0.454. The van der Waals surface area contributed by atoms with Crippen LogP contribution in [0.25, 0.3) is 6.08 Å². The van der Waals surface area contributed by atoms with E-state index < -0.39 is 36.0 Å². The standard InChI is InChI=1S/C25H21FN2O6S/c1-3-33-24(32)21-14(2)27-25-28(22(21)16-7-9-17(26)10-8-16)23(31)19(35-25)12-15-5-4-6-18(11-15)34-13-20(29)30/h4-12,22H,3,13H2,1-2H3,(H,29,30)/p-1/b19-12-/t22-/m1/s1. The summed E-state index contributed by atoms with van der Waals surface area (Å²) in [4.78, 5) is 41.9. The molecule has 0 bridgehead atoms. The van der Waals surface area contributed by atoms with Crippen LogP contribution in [0.3, 0.4) is 0 Å². The topological polar surface area (TPSA) is 110 Å². The molecule has 0 N–H and O–H groups in total. The summed E-state index contributed by atoms with van der Waals surface area (Å²) in [7, 11) is 0. The van der Waals surface area contributed by atoms with E-state index in [9.17, 15) is 23.9 Å². The molecule has 35 heavy (non-hydrogen) atoms. The van der Waals surface area contributed by atoms with Crippen molar-refractivity contribution in [2.24, 2.45) is 4.99 Å². The molecule has 1 aliphatic heterocycles. The zero-order valence-electron chi connectivity index (χ0n) is 18.8. The third-order valence-electron chi connectivity index (χ3n) is 5.22. The summed E-state index contributed by atoms with van der Waals surface area (Å²) in [5, 5.41) is 10.7. The van der Waals surface area contributed by atoms with Crippen molar-refractivity contribution in [1.29, 1.82) is 0 Å². The Bertz CT molecular complexity index is 1500. The number of hydrogen-bond donors (Lipinski definition) is 0. The summed E-state index contributed by atoms with van der Waals surface area (Å²) < 4.78 is 25.7. The Kier molecular flexibility index (Phi) is 6.92. The fraction of sp³-hybridized carbons (Fsp3) is 0.200. The number of thiazole rings is 1. The highest BCUT2D eigenvalue weighted by molar-refractivity contribution is 7.07. The van der Waals surface area contributed by atoms with E-state index in [1.807, 2.05) is 0 Å². The van der Waals surface area contributed by atoms with Crippen molar-refractivity contribution in [3.63, 3.8) is 0 Å². The van der Waals surface area contributed by atoms with Gasteiger partial charge in [-0.2, -0.15) is 0 Å². The van der Waals surface area contributed by atoms with Crippen LogP contribution >= 0.6 is 11.3 Å². The summed E-state index contributed by atoms with van der Waals surface area (Å²) in [5.41, 5.74) is 1.36. The Balaban J connectivity index is 1.85. The van der Waals surface area contributed by atoms with Crippen LogP contribution in [0.15, 0.2) is 69.6 Å². The average Bonchev–Trinajstić information content (AvgIpc) is 3.12. The highest BCUT2D eigenvalue weighted by Gasteiger charge is 2.33. The smallest absolute Gasteiger partial charge is 0.338 e.